The summed E-state index contributed by atoms with van der Waals surface area (Å²) in [6, 6.07) is 32.4. The van der Waals surface area contributed by atoms with Gasteiger partial charge in [0.05, 0.1) is 5.75 Å². The molecule has 0 aromatic heterocycles. The van der Waals surface area contributed by atoms with E-state index in [0.717, 1.165) is 61.4 Å². The predicted molar refractivity (Wildman–Crippen MR) is 179 cm³/mol. The third-order valence-corrected chi connectivity index (χ3v) is 9.24. The summed E-state index contributed by atoms with van der Waals surface area (Å²) in [7, 11) is -8.07. The van der Waals surface area contributed by atoms with Gasteiger partial charge < -0.3 is 0 Å². The number of allylic oxidation sites excluding steroid dienone is 3. The molecular formula is C36H30O6S2. The molecule has 0 bridgehead atoms. The minimum absolute atomic E-state index is 0.314. The van der Waals surface area contributed by atoms with Crippen molar-refractivity contribution in [3.63, 3.8) is 0 Å². The first kappa shape index (κ1) is 29.7. The van der Waals surface area contributed by atoms with Gasteiger partial charge in [0, 0.05) is 0 Å². The second kappa shape index (κ2) is 12.0. The van der Waals surface area contributed by atoms with Crippen LogP contribution >= 0.6 is 0 Å². The second-order valence-corrected chi connectivity index (χ2v) is 14.0. The topological polar surface area (TPSA) is 109 Å². The normalized spacial score (nSPS) is 14.2. The highest BCUT2D eigenvalue weighted by atomic mass is 32.2. The van der Waals surface area contributed by atoms with E-state index >= 15 is 0 Å². The number of hydrogen-bond donors (Lipinski definition) is 2. The largest absolute Gasteiger partial charge is 0.285 e. The third kappa shape index (κ3) is 7.41. The first-order valence-electron chi connectivity index (χ1n) is 14.1. The van der Waals surface area contributed by atoms with Crippen molar-refractivity contribution < 1.29 is 25.9 Å². The maximum Gasteiger partial charge on any atom is 0.269 e. The summed E-state index contributed by atoms with van der Waals surface area (Å²) < 4.78 is 62.8. The van der Waals surface area contributed by atoms with Gasteiger partial charge in [0.2, 0.25) is 0 Å². The molecule has 0 atom stereocenters. The Kier molecular flexibility index (Phi) is 8.09. The smallest absolute Gasteiger partial charge is 0.269 e. The molecule has 0 radical (unpaired) electrons. The molecule has 6 nitrogen and oxygen atoms in total. The Balaban J connectivity index is 1.16. The number of hydrogen-bond acceptors (Lipinski definition) is 4. The molecule has 8 heteroatoms. The Hall–Kier alpha value is -4.34. The summed E-state index contributed by atoms with van der Waals surface area (Å²) in [6.07, 6.45) is 9.28. The van der Waals surface area contributed by atoms with E-state index in [2.05, 4.69) is 78.9 Å². The molecule has 6 rings (SSSR count). The molecule has 2 N–H and O–H groups in total. The summed E-state index contributed by atoms with van der Waals surface area (Å²) in [4.78, 5) is 0. The minimum atomic E-state index is -4.06. The fourth-order valence-electron chi connectivity index (χ4n) is 5.59. The SMILES string of the molecule is O=S(=O)(O)CC1=CC=C(c2ccc3cc(/C=C/c4ccc5cc(-c6ccc(CS(=O)(=O)O)cc6)ccc5c4)ccc3c2)CC1. The molecule has 0 unspecified atom stereocenters. The van der Waals surface area contributed by atoms with Gasteiger partial charge in [-0.1, -0.05) is 103 Å². The van der Waals surface area contributed by atoms with E-state index in [4.69, 9.17) is 9.11 Å². The van der Waals surface area contributed by atoms with Gasteiger partial charge >= 0.3 is 0 Å². The second-order valence-electron chi connectivity index (χ2n) is 11.1. The van der Waals surface area contributed by atoms with Crippen LogP contribution in [0.15, 0.2) is 115 Å². The van der Waals surface area contributed by atoms with Crippen LogP contribution in [0.4, 0.5) is 0 Å². The Morgan fingerprint density at radius 3 is 1.57 bits per heavy atom. The van der Waals surface area contributed by atoms with Gasteiger partial charge in [0.1, 0.15) is 5.75 Å². The lowest BCUT2D eigenvalue weighted by atomic mass is 9.92. The molecule has 0 amide bonds. The van der Waals surface area contributed by atoms with Crippen LogP contribution in [0.3, 0.4) is 0 Å². The molecule has 0 heterocycles. The van der Waals surface area contributed by atoms with E-state index in [0.29, 0.717) is 17.6 Å². The van der Waals surface area contributed by atoms with Crippen LogP contribution in [0.1, 0.15) is 35.1 Å². The highest BCUT2D eigenvalue weighted by molar-refractivity contribution is 7.86. The molecule has 0 saturated heterocycles. The lowest BCUT2D eigenvalue weighted by Gasteiger charge is -2.15. The van der Waals surface area contributed by atoms with Crippen LogP contribution in [-0.4, -0.2) is 31.7 Å². The van der Waals surface area contributed by atoms with Crippen molar-refractivity contribution in [2.75, 3.05) is 5.75 Å². The first-order valence-corrected chi connectivity index (χ1v) is 17.3. The maximum atomic E-state index is 11.2. The molecule has 1 aliphatic rings. The lowest BCUT2D eigenvalue weighted by Crippen LogP contribution is -2.08. The fourth-order valence-corrected chi connectivity index (χ4v) is 6.91. The summed E-state index contributed by atoms with van der Waals surface area (Å²) in [5, 5.41) is 4.47. The van der Waals surface area contributed by atoms with E-state index < -0.39 is 26.0 Å². The summed E-state index contributed by atoms with van der Waals surface area (Å²) in [5.41, 5.74) is 7.67. The van der Waals surface area contributed by atoms with Gasteiger partial charge in [-0.2, -0.15) is 16.8 Å². The average Bonchev–Trinajstić information content (AvgIpc) is 2.98. The molecule has 0 fully saturated rings. The van der Waals surface area contributed by atoms with Crippen LogP contribution in [-0.2, 0) is 26.0 Å². The summed E-state index contributed by atoms with van der Waals surface area (Å²) in [6.45, 7) is 0. The van der Waals surface area contributed by atoms with Crippen molar-refractivity contribution in [3.8, 4) is 11.1 Å². The molecule has 44 heavy (non-hydrogen) atoms. The van der Waals surface area contributed by atoms with Crippen LogP contribution in [0.5, 0.6) is 0 Å². The van der Waals surface area contributed by atoms with Crippen LogP contribution in [0.2, 0.25) is 0 Å². The van der Waals surface area contributed by atoms with Gasteiger partial charge in [-0.25, -0.2) is 0 Å². The van der Waals surface area contributed by atoms with E-state index in [9.17, 15) is 16.8 Å². The summed E-state index contributed by atoms with van der Waals surface area (Å²) >= 11 is 0. The number of rotatable bonds is 8. The van der Waals surface area contributed by atoms with Crippen LogP contribution < -0.4 is 0 Å². The van der Waals surface area contributed by atoms with Crippen molar-refractivity contribution in [2.45, 2.75) is 18.6 Å². The van der Waals surface area contributed by atoms with Crippen molar-refractivity contribution in [1.82, 2.24) is 0 Å². The zero-order valence-electron chi connectivity index (χ0n) is 23.7. The van der Waals surface area contributed by atoms with Crippen molar-refractivity contribution >= 4 is 59.5 Å². The molecule has 222 valence electrons. The Morgan fingerprint density at radius 2 is 1.02 bits per heavy atom. The fraction of sp³-hybridized carbons (Fsp3) is 0.111. The Labute approximate surface area is 257 Å². The number of benzene rings is 5. The minimum Gasteiger partial charge on any atom is -0.285 e. The summed E-state index contributed by atoms with van der Waals surface area (Å²) in [5.74, 6) is -0.712. The zero-order chi connectivity index (χ0) is 30.9. The van der Waals surface area contributed by atoms with Crippen LogP contribution in [0.25, 0.3) is 50.4 Å². The van der Waals surface area contributed by atoms with Crippen molar-refractivity contribution in [1.29, 1.82) is 0 Å². The Morgan fingerprint density at radius 1 is 0.523 bits per heavy atom. The van der Waals surface area contributed by atoms with Gasteiger partial charge in [0.25, 0.3) is 20.2 Å². The zero-order valence-corrected chi connectivity index (χ0v) is 25.4. The quantitative estimate of drug-likeness (QED) is 0.133. The highest BCUT2D eigenvalue weighted by Gasteiger charge is 2.14. The van der Waals surface area contributed by atoms with Crippen LogP contribution in [0, 0.1) is 0 Å². The van der Waals surface area contributed by atoms with E-state index in [1.165, 1.54) is 0 Å². The first-order chi connectivity index (χ1) is 21.0. The molecular weight excluding hydrogens is 593 g/mol. The molecule has 1 aliphatic carbocycles. The predicted octanol–water partition coefficient (Wildman–Crippen LogP) is 8.21. The van der Waals surface area contributed by atoms with Gasteiger partial charge in [0.15, 0.2) is 0 Å². The standard InChI is InChI=1S/C36H30O6S2/c37-43(38,39)23-27-5-9-29(10-6-27)33-17-15-31-19-25(3-13-35(31)21-33)1-2-26-4-14-36-22-34(18-16-32(36)20-26)30-11-7-28(8-12-30)24-44(40,41)42/h1-7,9-11,13-22H,8,12,23-24H2,(H,37,38,39)(H,40,41,42)/b2-1+. The van der Waals surface area contributed by atoms with E-state index in [1.54, 1.807) is 18.2 Å². The van der Waals surface area contributed by atoms with E-state index in [1.807, 2.05) is 24.3 Å². The average molecular weight is 623 g/mol. The Bertz CT molecular complexity index is 2210. The molecule has 0 spiro atoms. The van der Waals surface area contributed by atoms with Gasteiger partial charge in [-0.05, 0) is 97.6 Å². The lowest BCUT2D eigenvalue weighted by molar-refractivity contribution is 0.481. The van der Waals surface area contributed by atoms with Crippen molar-refractivity contribution in [2.24, 2.45) is 0 Å². The van der Waals surface area contributed by atoms with E-state index in [-0.39, 0.29) is 5.75 Å². The molecule has 5 aromatic carbocycles. The highest BCUT2D eigenvalue weighted by Crippen LogP contribution is 2.30. The van der Waals surface area contributed by atoms with Crippen molar-refractivity contribution in [3.05, 3.63) is 137 Å². The molecule has 0 saturated carbocycles. The molecule has 5 aromatic rings. The monoisotopic (exact) mass is 622 g/mol. The third-order valence-electron chi connectivity index (χ3n) is 7.81. The van der Waals surface area contributed by atoms with Gasteiger partial charge in [-0.15, -0.1) is 0 Å². The maximum absolute atomic E-state index is 11.2. The van der Waals surface area contributed by atoms with Gasteiger partial charge in [-0.3, -0.25) is 9.11 Å². The number of fused-ring (bicyclic) bond motifs is 2. The molecule has 0 aliphatic heterocycles.